The summed E-state index contributed by atoms with van der Waals surface area (Å²) in [5.41, 5.74) is 1.36. The van der Waals surface area contributed by atoms with E-state index < -0.39 is 11.7 Å². The SMILES string of the molecule is O=C(Nc1ccc(F)c(-c2nnc3n2CCCCC3)c1)c1ccc(-c2ccc(F)cc2)o1. The summed E-state index contributed by atoms with van der Waals surface area (Å²) in [7, 11) is 0. The van der Waals surface area contributed by atoms with Crippen molar-refractivity contribution in [2.45, 2.75) is 32.2 Å². The summed E-state index contributed by atoms with van der Waals surface area (Å²) in [5, 5.41) is 11.2. The molecule has 1 amide bonds. The molecule has 0 atom stereocenters. The number of anilines is 1. The molecule has 5 rings (SSSR count). The van der Waals surface area contributed by atoms with Gasteiger partial charge < -0.3 is 14.3 Å². The number of benzene rings is 2. The molecule has 0 bridgehead atoms. The summed E-state index contributed by atoms with van der Waals surface area (Å²) in [6.45, 7) is 0.742. The van der Waals surface area contributed by atoms with E-state index in [2.05, 4.69) is 15.5 Å². The van der Waals surface area contributed by atoms with Crippen LogP contribution in [0, 0.1) is 11.6 Å². The zero-order valence-electron chi connectivity index (χ0n) is 17.1. The number of aryl methyl sites for hydroxylation is 1. The van der Waals surface area contributed by atoms with Crippen molar-refractivity contribution in [2.24, 2.45) is 0 Å². The van der Waals surface area contributed by atoms with Gasteiger partial charge in [0.2, 0.25) is 0 Å². The van der Waals surface area contributed by atoms with E-state index in [4.69, 9.17) is 4.42 Å². The summed E-state index contributed by atoms with van der Waals surface area (Å²) < 4.78 is 35.3. The molecule has 0 radical (unpaired) electrons. The fourth-order valence-electron chi connectivity index (χ4n) is 3.88. The van der Waals surface area contributed by atoms with Gasteiger partial charge in [-0.3, -0.25) is 4.79 Å². The maximum absolute atomic E-state index is 14.6. The molecular weight excluding hydrogens is 414 g/mol. The van der Waals surface area contributed by atoms with Gasteiger partial charge in [0, 0.05) is 24.2 Å². The Morgan fingerprint density at radius 1 is 0.969 bits per heavy atom. The molecule has 6 nitrogen and oxygen atoms in total. The number of carbonyl (C=O) groups is 1. The molecule has 8 heteroatoms. The molecule has 2 aromatic heterocycles. The van der Waals surface area contributed by atoms with Gasteiger partial charge >= 0.3 is 0 Å². The number of nitrogens with zero attached hydrogens (tertiary/aromatic N) is 3. The molecule has 1 aliphatic rings. The van der Waals surface area contributed by atoms with E-state index in [0.29, 0.717) is 22.8 Å². The highest BCUT2D eigenvalue weighted by Crippen LogP contribution is 2.28. The van der Waals surface area contributed by atoms with Crippen LogP contribution in [0.3, 0.4) is 0 Å². The molecular formula is C24H20F2N4O2. The Kier molecular flexibility index (Phi) is 5.26. The van der Waals surface area contributed by atoms with Crippen molar-refractivity contribution in [3.8, 4) is 22.7 Å². The summed E-state index contributed by atoms with van der Waals surface area (Å²) in [4.78, 5) is 12.7. The molecule has 0 saturated carbocycles. The number of carbonyl (C=O) groups excluding carboxylic acids is 1. The molecule has 1 aliphatic heterocycles. The average molecular weight is 434 g/mol. The monoisotopic (exact) mass is 434 g/mol. The highest BCUT2D eigenvalue weighted by Gasteiger charge is 2.20. The average Bonchev–Trinajstić information content (AvgIpc) is 3.38. The summed E-state index contributed by atoms with van der Waals surface area (Å²) in [5.74, 6) is 0.597. The summed E-state index contributed by atoms with van der Waals surface area (Å²) in [6.07, 6.45) is 3.95. The van der Waals surface area contributed by atoms with Crippen molar-refractivity contribution in [1.82, 2.24) is 14.8 Å². The number of hydrogen-bond donors (Lipinski definition) is 1. The van der Waals surface area contributed by atoms with Crippen LogP contribution in [-0.2, 0) is 13.0 Å². The molecule has 0 spiro atoms. The third-order valence-electron chi connectivity index (χ3n) is 5.53. The number of nitrogens with one attached hydrogen (secondary N) is 1. The van der Waals surface area contributed by atoms with Crippen LogP contribution in [0.1, 0.15) is 35.6 Å². The first-order valence-corrected chi connectivity index (χ1v) is 10.5. The second-order valence-corrected chi connectivity index (χ2v) is 7.72. The Hall–Kier alpha value is -3.81. The standard InChI is InChI=1S/C24H20F2N4O2/c25-16-7-5-15(6-8-16)20-11-12-21(32-20)24(31)27-17-9-10-19(26)18(14-17)23-29-28-22-4-2-1-3-13-30(22)23/h5-12,14H,1-4,13H2,(H,27,31). The summed E-state index contributed by atoms with van der Waals surface area (Å²) >= 11 is 0. The van der Waals surface area contributed by atoms with Gasteiger partial charge in [0.25, 0.3) is 5.91 Å². The lowest BCUT2D eigenvalue weighted by atomic mass is 10.1. The van der Waals surface area contributed by atoms with Crippen LogP contribution in [0.25, 0.3) is 22.7 Å². The van der Waals surface area contributed by atoms with Gasteiger partial charge in [-0.1, -0.05) is 6.42 Å². The Balaban J connectivity index is 1.38. The molecule has 2 aromatic carbocycles. The van der Waals surface area contributed by atoms with Gasteiger partial charge in [0.05, 0.1) is 5.56 Å². The topological polar surface area (TPSA) is 73.0 Å². The molecule has 162 valence electrons. The van der Waals surface area contributed by atoms with Crippen LogP contribution in [-0.4, -0.2) is 20.7 Å². The van der Waals surface area contributed by atoms with Gasteiger partial charge in [-0.2, -0.15) is 0 Å². The van der Waals surface area contributed by atoms with Crippen molar-refractivity contribution in [3.05, 3.63) is 77.8 Å². The van der Waals surface area contributed by atoms with Crippen LogP contribution in [0.5, 0.6) is 0 Å². The Morgan fingerprint density at radius 3 is 2.66 bits per heavy atom. The first kappa shape index (κ1) is 20.1. The predicted octanol–water partition coefficient (Wildman–Crippen LogP) is 5.46. The van der Waals surface area contributed by atoms with E-state index in [9.17, 15) is 13.6 Å². The number of fused-ring (bicyclic) bond motifs is 1. The lowest BCUT2D eigenvalue weighted by Crippen LogP contribution is -2.11. The van der Waals surface area contributed by atoms with Crippen molar-refractivity contribution in [1.29, 1.82) is 0 Å². The number of furan rings is 1. The third-order valence-corrected chi connectivity index (χ3v) is 5.53. The van der Waals surface area contributed by atoms with Crippen LogP contribution in [0.4, 0.5) is 14.5 Å². The zero-order chi connectivity index (χ0) is 22.1. The minimum Gasteiger partial charge on any atom is -0.451 e. The van der Waals surface area contributed by atoms with Crippen LogP contribution >= 0.6 is 0 Å². The minimum atomic E-state index is -0.476. The molecule has 3 heterocycles. The van der Waals surface area contributed by atoms with Crippen molar-refractivity contribution in [3.63, 3.8) is 0 Å². The fraction of sp³-hybridized carbons (Fsp3) is 0.208. The van der Waals surface area contributed by atoms with E-state index in [0.717, 1.165) is 38.1 Å². The highest BCUT2D eigenvalue weighted by atomic mass is 19.1. The Bertz CT molecular complexity index is 1280. The van der Waals surface area contributed by atoms with E-state index in [1.165, 1.54) is 30.3 Å². The van der Waals surface area contributed by atoms with Gasteiger partial charge in [0.1, 0.15) is 23.2 Å². The fourth-order valence-corrected chi connectivity index (χ4v) is 3.88. The van der Waals surface area contributed by atoms with E-state index in [1.807, 2.05) is 4.57 Å². The molecule has 0 aliphatic carbocycles. The quantitative estimate of drug-likeness (QED) is 0.463. The van der Waals surface area contributed by atoms with E-state index in [-0.39, 0.29) is 17.1 Å². The van der Waals surface area contributed by atoms with Crippen molar-refractivity contribution in [2.75, 3.05) is 5.32 Å². The number of amides is 1. The van der Waals surface area contributed by atoms with Crippen LogP contribution in [0.2, 0.25) is 0 Å². The normalized spacial score (nSPS) is 13.4. The second kappa shape index (κ2) is 8.37. The molecule has 0 saturated heterocycles. The summed E-state index contributed by atoms with van der Waals surface area (Å²) in [6, 6.07) is 13.3. The van der Waals surface area contributed by atoms with E-state index >= 15 is 0 Å². The largest absolute Gasteiger partial charge is 0.451 e. The maximum Gasteiger partial charge on any atom is 0.291 e. The molecule has 0 fully saturated rings. The predicted molar refractivity (Wildman–Crippen MR) is 115 cm³/mol. The first-order chi connectivity index (χ1) is 15.6. The Morgan fingerprint density at radius 2 is 1.81 bits per heavy atom. The second-order valence-electron chi connectivity index (χ2n) is 7.72. The van der Waals surface area contributed by atoms with Gasteiger partial charge in [-0.05, 0) is 67.4 Å². The minimum absolute atomic E-state index is 0.0894. The van der Waals surface area contributed by atoms with Gasteiger partial charge in [-0.15, -0.1) is 10.2 Å². The van der Waals surface area contributed by atoms with Crippen LogP contribution < -0.4 is 5.32 Å². The highest BCUT2D eigenvalue weighted by molar-refractivity contribution is 6.02. The van der Waals surface area contributed by atoms with Gasteiger partial charge in [-0.25, -0.2) is 8.78 Å². The zero-order valence-corrected chi connectivity index (χ0v) is 17.1. The van der Waals surface area contributed by atoms with E-state index in [1.54, 1.807) is 24.3 Å². The molecule has 0 unspecified atom stereocenters. The number of rotatable bonds is 4. The van der Waals surface area contributed by atoms with Crippen molar-refractivity contribution >= 4 is 11.6 Å². The maximum atomic E-state index is 14.6. The smallest absolute Gasteiger partial charge is 0.291 e. The molecule has 4 aromatic rings. The number of hydrogen-bond acceptors (Lipinski definition) is 4. The number of aromatic nitrogens is 3. The van der Waals surface area contributed by atoms with Crippen molar-refractivity contribution < 1.29 is 18.0 Å². The number of halogens is 2. The third kappa shape index (κ3) is 3.91. The lowest BCUT2D eigenvalue weighted by molar-refractivity contribution is 0.0997. The lowest BCUT2D eigenvalue weighted by Gasteiger charge is -2.10. The first-order valence-electron chi connectivity index (χ1n) is 10.5. The molecule has 1 N–H and O–H groups in total. The Labute approximate surface area is 182 Å². The van der Waals surface area contributed by atoms with Crippen LogP contribution in [0.15, 0.2) is 59.0 Å². The van der Waals surface area contributed by atoms with Gasteiger partial charge in [0.15, 0.2) is 11.6 Å². The molecule has 32 heavy (non-hydrogen) atoms.